The predicted octanol–water partition coefficient (Wildman–Crippen LogP) is 3.16. The number of benzene rings is 2. The summed E-state index contributed by atoms with van der Waals surface area (Å²) in [5.74, 6) is 5.67. The van der Waals surface area contributed by atoms with Gasteiger partial charge in [0.15, 0.2) is 0 Å². The molecule has 0 spiro atoms. The summed E-state index contributed by atoms with van der Waals surface area (Å²) < 4.78 is 13.3. The molecular weight excluding hydrogens is 263 g/mol. The van der Waals surface area contributed by atoms with E-state index in [9.17, 15) is 4.39 Å². The molecule has 0 aliphatic carbocycles. The maximum Gasteiger partial charge on any atom is 0.125 e. The van der Waals surface area contributed by atoms with E-state index in [-0.39, 0.29) is 5.82 Å². The summed E-state index contributed by atoms with van der Waals surface area (Å²) in [5, 5.41) is 0. The zero-order valence-corrected chi connectivity index (χ0v) is 12.1. The van der Waals surface area contributed by atoms with Gasteiger partial charge in [-0.2, -0.15) is 0 Å². The smallest absolute Gasteiger partial charge is 0.125 e. The largest absolute Gasteiger partial charge is 0.367 e. The van der Waals surface area contributed by atoms with E-state index in [1.54, 1.807) is 12.1 Å². The van der Waals surface area contributed by atoms with Gasteiger partial charge >= 0.3 is 0 Å². The molecule has 0 bridgehead atoms. The monoisotopic (exact) mass is 282 g/mol. The second-order valence-electron chi connectivity index (χ2n) is 4.70. The van der Waals surface area contributed by atoms with Crippen molar-refractivity contribution in [1.29, 1.82) is 0 Å². The van der Waals surface area contributed by atoms with Crippen LogP contribution in [0.4, 0.5) is 10.1 Å². The summed E-state index contributed by atoms with van der Waals surface area (Å²) in [6, 6.07) is 14.7. The molecule has 108 valence electrons. The zero-order chi connectivity index (χ0) is 15.1. The van der Waals surface area contributed by atoms with Crippen molar-refractivity contribution in [3.63, 3.8) is 0 Å². The van der Waals surface area contributed by atoms with Crippen LogP contribution >= 0.6 is 0 Å². The molecule has 0 unspecified atom stereocenters. The van der Waals surface area contributed by atoms with Crippen molar-refractivity contribution in [3.05, 3.63) is 65.5 Å². The molecule has 0 aliphatic rings. The van der Waals surface area contributed by atoms with Gasteiger partial charge in [0.2, 0.25) is 0 Å². The van der Waals surface area contributed by atoms with Crippen molar-refractivity contribution >= 4 is 5.69 Å². The first kappa shape index (κ1) is 15.1. The molecule has 0 aliphatic heterocycles. The van der Waals surface area contributed by atoms with Gasteiger partial charge in [0, 0.05) is 24.3 Å². The maximum absolute atomic E-state index is 13.3. The lowest BCUT2D eigenvalue weighted by Crippen LogP contribution is -2.22. The van der Waals surface area contributed by atoms with Gasteiger partial charge in [-0.15, -0.1) is 0 Å². The second-order valence-corrected chi connectivity index (χ2v) is 4.70. The van der Waals surface area contributed by atoms with Gasteiger partial charge in [-0.1, -0.05) is 30.0 Å². The Hall–Kier alpha value is -2.31. The highest BCUT2D eigenvalue weighted by Crippen LogP contribution is 2.18. The van der Waals surface area contributed by atoms with Crippen molar-refractivity contribution in [3.8, 4) is 11.8 Å². The fourth-order valence-electron chi connectivity index (χ4n) is 2.18. The van der Waals surface area contributed by atoms with Gasteiger partial charge in [-0.25, -0.2) is 4.39 Å². The number of nitrogens with two attached hydrogens (primary N) is 1. The Morgan fingerprint density at radius 1 is 1.14 bits per heavy atom. The van der Waals surface area contributed by atoms with Crippen molar-refractivity contribution < 1.29 is 4.39 Å². The normalized spacial score (nSPS) is 9.86. The van der Waals surface area contributed by atoms with Crippen LogP contribution in [0.15, 0.2) is 48.5 Å². The summed E-state index contributed by atoms with van der Waals surface area (Å²) >= 11 is 0. The van der Waals surface area contributed by atoms with E-state index < -0.39 is 0 Å². The van der Waals surface area contributed by atoms with Gasteiger partial charge in [-0.3, -0.25) is 0 Å². The van der Waals surface area contributed by atoms with E-state index in [2.05, 4.69) is 29.7 Å². The first-order valence-electron chi connectivity index (χ1n) is 7.01. The summed E-state index contributed by atoms with van der Waals surface area (Å²) in [6.45, 7) is 3.94. The van der Waals surface area contributed by atoms with Crippen LogP contribution in [0.3, 0.4) is 0 Å². The predicted molar refractivity (Wildman–Crippen MR) is 85.5 cm³/mol. The fourth-order valence-corrected chi connectivity index (χ4v) is 2.18. The Labute approximate surface area is 125 Å². The number of hydrogen-bond donors (Lipinski definition) is 1. The quantitative estimate of drug-likeness (QED) is 0.873. The number of anilines is 1. The lowest BCUT2D eigenvalue weighted by Gasteiger charge is -2.23. The summed E-state index contributed by atoms with van der Waals surface area (Å²) in [4.78, 5) is 2.12. The van der Waals surface area contributed by atoms with Gasteiger partial charge < -0.3 is 10.6 Å². The molecule has 2 rings (SSSR count). The molecule has 0 saturated carbocycles. The molecule has 3 heteroatoms. The lowest BCUT2D eigenvalue weighted by atomic mass is 10.1. The minimum atomic E-state index is -0.214. The SMILES string of the molecule is CCN(Cc1cccc(C#CCN)c1)c1cccc(F)c1. The molecular formula is C18H19FN2. The molecule has 0 aromatic heterocycles. The first-order valence-corrected chi connectivity index (χ1v) is 7.01. The molecule has 0 saturated heterocycles. The number of halogens is 1. The van der Waals surface area contributed by atoms with Gasteiger partial charge in [0.25, 0.3) is 0 Å². The van der Waals surface area contributed by atoms with Crippen molar-refractivity contribution in [2.24, 2.45) is 5.73 Å². The van der Waals surface area contributed by atoms with Crippen LogP contribution in [0.5, 0.6) is 0 Å². The molecule has 2 N–H and O–H groups in total. The molecule has 0 amide bonds. The number of nitrogens with zero attached hydrogens (tertiary/aromatic N) is 1. The molecule has 0 radical (unpaired) electrons. The van der Waals surface area contributed by atoms with Crippen LogP contribution in [0.1, 0.15) is 18.1 Å². The summed E-state index contributed by atoms with van der Waals surface area (Å²) in [5.41, 5.74) is 8.37. The van der Waals surface area contributed by atoms with Crippen molar-refractivity contribution in [2.45, 2.75) is 13.5 Å². The van der Waals surface area contributed by atoms with Crippen LogP contribution in [-0.2, 0) is 6.54 Å². The highest BCUT2D eigenvalue weighted by Gasteiger charge is 2.06. The minimum Gasteiger partial charge on any atom is -0.367 e. The first-order chi connectivity index (χ1) is 10.2. The zero-order valence-electron chi connectivity index (χ0n) is 12.1. The molecule has 21 heavy (non-hydrogen) atoms. The average Bonchev–Trinajstić information content (AvgIpc) is 2.51. The van der Waals surface area contributed by atoms with Gasteiger partial charge in [-0.05, 0) is 42.8 Å². The summed E-state index contributed by atoms with van der Waals surface area (Å²) in [7, 11) is 0. The molecule has 2 aromatic carbocycles. The van der Waals surface area contributed by atoms with Gasteiger partial charge in [0.1, 0.15) is 5.82 Å². The van der Waals surface area contributed by atoms with E-state index in [1.165, 1.54) is 6.07 Å². The second kappa shape index (κ2) is 7.47. The Morgan fingerprint density at radius 2 is 1.95 bits per heavy atom. The third-order valence-electron chi connectivity index (χ3n) is 3.19. The fraction of sp³-hybridized carbons (Fsp3) is 0.222. The van der Waals surface area contributed by atoms with Crippen molar-refractivity contribution in [1.82, 2.24) is 0 Å². The standard InChI is InChI=1S/C18H19FN2/c1-2-21(18-10-4-9-17(19)13-18)14-16-7-3-6-15(12-16)8-5-11-20/h3-4,6-7,9-10,12-13H,2,11,14,20H2,1H3. The van der Waals surface area contributed by atoms with E-state index in [0.717, 1.165) is 29.9 Å². The molecule has 0 heterocycles. The van der Waals surface area contributed by atoms with E-state index in [1.807, 2.05) is 24.3 Å². The molecule has 2 aromatic rings. The van der Waals surface area contributed by atoms with Crippen LogP contribution in [0.25, 0.3) is 0 Å². The Morgan fingerprint density at radius 3 is 2.67 bits per heavy atom. The Kier molecular flexibility index (Phi) is 5.36. The average molecular weight is 282 g/mol. The van der Waals surface area contributed by atoms with Crippen LogP contribution in [0, 0.1) is 17.7 Å². The Balaban J connectivity index is 2.19. The maximum atomic E-state index is 13.3. The molecule has 0 atom stereocenters. The van der Waals surface area contributed by atoms with Crippen LogP contribution < -0.4 is 10.6 Å². The number of hydrogen-bond acceptors (Lipinski definition) is 2. The van der Waals surface area contributed by atoms with E-state index >= 15 is 0 Å². The van der Waals surface area contributed by atoms with Crippen LogP contribution in [-0.4, -0.2) is 13.1 Å². The van der Waals surface area contributed by atoms with Gasteiger partial charge in [0.05, 0.1) is 6.54 Å². The highest BCUT2D eigenvalue weighted by atomic mass is 19.1. The van der Waals surface area contributed by atoms with Crippen LogP contribution in [0.2, 0.25) is 0 Å². The van der Waals surface area contributed by atoms with Crippen molar-refractivity contribution in [2.75, 3.05) is 18.0 Å². The lowest BCUT2D eigenvalue weighted by molar-refractivity contribution is 0.626. The van der Waals surface area contributed by atoms with E-state index in [4.69, 9.17) is 5.73 Å². The Bertz CT molecular complexity index is 656. The summed E-state index contributed by atoms with van der Waals surface area (Å²) in [6.07, 6.45) is 0. The topological polar surface area (TPSA) is 29.3 Å². The van der Waals surface area contributed by atoms with E-state index in [0.29, 0.717) is 6.54 Å². The molecule has 0 fully saturated rings. The molecule has 2 nitrogen and oxygen atoms in total. The highest BCUT2D eigenvalue weighted by molar-refractivity contribution is 5.47. The third kappa shape index (κ3) is 4.34. The third-order valence-corrected chi connectivity index (χ3v) is 3.19. The number of rotatable bonds is 4. The minimum absolute atomic E-state index is 0.214.